The van der Waals surface area contributed by atoms with Crippen LogP contribution in [0.1, 0.15) is 37.7 Å². The zero-order valence-electron chi connectivity index (χ0n) is 24.5. The molecule has 0 aliphatic rings. The molecule has 0 saturated carbocycles. The van der Waals surface area contributed by atoms with Crippen molar-refractivity contribution in [3.63, 3.8) is 0 Å². The molecule has 10 heteroatoms. The van der Waals surface area contributed by atoms with Gasteiger partial charge in [-0.25, -0.2) is 8.78 Å². The van der Waals surface area contributed by atoms with Gasteiger partial charge < -0.3 is 29.5 Å². The van der Waals surface area contributed by atoms with E-state index < -0.39 is 23.6 Å². The molecule has 4 aromatic carbocycles. The number of ether oxygens (including phenoxy) is 3. The van der Waals surface area contributed by atoms with E-state index >= 15 is 0 Å². The molecule has 0 amide bonds. The average Bonchev–Trinajstić information content (AvgIpc) is 3.01. The van der Waals surface area contributed by atoms with E-state index in [0.29, 0.717) is 64.3 Å². The van der Waals surface area contributed by atoms with Crippen molar-refractivity contribution in [2.24, 2.45) is 0 Å². The summed E-state index contributed by atoms with van der Waals surface area (Å²) in [7, 11) is 0. The minimum Gasteiger partial charge on any atom is -0.507 e. The van der Waals surface area contributed by atoms with Crippen LogP contribution in [0.25, 0.3) is 22.3 Å². The van der Waals surface area contributed by atoms with Crippen molar-refractivity contribution < 1.29 is 47.9 Å². The van der Waals surface area contributed by atoms with Crippen molar-refractivity contribution >= 4 is 11.9 Å². The van der Waals surface area contributed by atoms with Crippen molar-refractivity contribution in [2.75, 3.05) is 19.8 Å². The number of halogens is 2. The second-order valence-electron chi connectivity index (χ2n) is 10.2. The Morgan fingerprint density at radius 3 is 1.71 bits per heavy atom. The number of unbranched alkanes of at least 4 members (excludes halogenated alkanes) is 1. The van der Waals surface area contributed by atoms with Crippen molar-refractivity contribution in [1.29, 1.82) is 0 Å². The number of phenolic OH excluding ortho intramolecular Hbond substituents is 1. The molecule has 0 spiro atoms. The van der Waals surface area contributed by atoms with Crippen LogP contribution in [0.2, 0.25) is 0 Å². The predicted molar refractivity (Wildman–Crippen MR) is 164 cm³/mol. The molecule has 0 saturated heterocycles. The molecule has 4 aromatic rings. The van der Waals surface area contributed by atoms with Crippen LogP contribution in [0.3, 0.4) is 0 Å². The quantitative estimate of drug-likeness (QED) is 0.104. The zero-order valence-corrected chi connectivity index (χ0v) is 24.5. The second kappa shape index (κ2) is 16.1. The molecule has 8 nitrogen and oxygen atoms in total. The lowest BCUT2D eigenvalue weighted by Crippen LogP contribution is -2.09. The summed E-state index contributed by atoms with van der Waals surface area (Å²) < 4.78 is 45.0. The molecule has 0 radical (unpaired) electrons. The highest BCUT2D eigenvalue weighted by Crippen LogP contribution is 2.44. The van der Waals surface area contributed by atoms with Crippen LogP contribution >= 0.6 is 0 Å². The van der Waals surface area contributed by atoms with Crippen LogP contribution in [-0.4, -0.2) is 47.1 Å². The third-order valence-electron chi connectivity index (χ3n) is 6.95. The van der Waals surface area contributed by atoms with Gasteiger partial charge in [-0.15, -0.1) is 0 Å². The van der Waals surface area contributed by atoms with E-state index in [1.165, 1.54) is 36.4 Å². The lowest BCUT2D eigenvalue weighted by Gasteiger charge is -2.18. The first-order valence-electron chi connectivity index (χ1n) is 14.5. The Hall–Kier alpha value is -5.12. The first-order chi connectivity index (χ1) is 21.7. The molecule has 0 unspecified atom stereocenters. The van der Waals surface area contributed by atoms with E-state index in [1.54, 1.807) is 42.5 Å². The Labute approximate surface area is 259 Å². The second-order valence-corrected chi connectivity index (χ2v) is 10.2. The van der Waals surface area contributed by atoms with Gasteiger partial charge in [0.05, 0.1) is 25.4 Å². The maximum absolute atomic E-state index is 13.7. The Morgan fingerprint density at radius 2 is 1.13 bits per heavy atom. The summed E-state index contributed by atoms with van der Waals surface area (Å²) in [5, 5.41) is 29.3. The predicted octanol–water partition coefficient (Wildman–Crippen LogP) is 7.50. The molecule has 0 aromatic heterocycles. The Balaban J connectivity index is 1.44. The van der Waals surface area contributed by atoms with Crippen molar-refractivity contribution in [2.45, 2.75) is 38.5 Å². The van der Waals surface area contributed by atoms with Crippen LogP contribution < -0.4 is 14.2 Å². The van der Waals surface area contributed by atoms with Crippen molar-refractivity contribution in [1.82, 2.24) is 0 Å². The average molecular weight is 621 g/mol. The van der Waals surface area contributed by atoms with Gasteiger partial charge in [0.2, 0.25) is 0 Å². The number of carbonyl (C=O) groups is 2. The van der Waals surface area contributed by atoms with Gasteiger partial charge >= 0.3 is 11.9 Å². The van der Waals surface area contributed by atoms with E-state index in [1.807, 2.05) is 0 Å². The summed E-state index contributed by atoms with van der Waals surface area (Å²) in [4.78, 5) is 22.0. The topological polar surface area (TPSA) is 123 Å². The maximum atomic E-state index is 13.7. The largest absolute Gasteiger partial charge is 0.507 e. The summed E-state index contributed by atoms with van der Waals surface area (Å²) >= 11 is 0. The monoisotopic (exact) mass is 620 g/mol. The fraction of sp³-hybridized carbons (Fsp3) is 0.257. The van der Waals surface area contributed by atoms with Crippen molar-refractivity contribution in [3.8, 4) is 45.3 Å². The van der Waals surface area contributed by atoms with Crippen LogP contribution in [0.15, 0.2) is 78.9 Å². The standard InChI is InChI=1S/C35H34F2O8/c36-25-12-8-23(9-13-25)27-16-18-31(34(35(27)42)24-10-14-26(37)15-11-24)45-22-4-21-44-30-6-3-5-29(28(30)17-19-33(40)41)43-20-2-1-7-32(38)39/h3,5-6,8-16,18,42H,1-2,4,7,17,19-22H2,(H,38,39)(H,40,41). The number of carboxylic acids is 2. The highest BCUT2D eigenvalue weighted by Gasteiger charge is 2.18. The number of hydrogen-bond acceptors (Lipinski definition) is 6. The van der Waals surface area contributed by atoms with Crippen LogP contribution in [-0.2, 0) is 16.0 Å². The molecule has 45 heavy (non-hydrogen) atoms. The number of benzene rings is 4. The molecular formula is C35H34F2O8. The summed E-state index contributed by atoms with van der Waals surface area (Å²) in [5.41, 5.74) is 2.57. The third-order valence-corrected chi connectivity index (χ3v) is 6.95. The maximum Gasteiger partial charge on any atom is 0.303 e. The number of aliphatic carboxylic acids is 2. The SMILES string of the molecule is O=C(O)CCCCOc1cccc(OCCCOc2ccc(-c3ccc(F)cc3)c(O)c2-c2ccc(F)cc2)c1CCC(=O)O. The number of phenols is 1. The number of carboxylic acid groups (broad SMARTS) is 2. The van der Waals surface area contributed by atoms with Gasteiger partial charge in [0.15, 0.2) is 0 Å². The van der Waals surface area contributed by atoms with Gasteiger partial charge in [-0.1, -0.05) is 30.3 Å². The summed E-state index contributed by atoms with van der Waals surface area (Å²) in [6.45, 7) is 0.718. The van der Waals surface area contributed by atoms with Gasteiger partial charge in [-0.2, -0.15) is 0 Å². The van der Waals surface area contributed by atoms with Crippen LogP contribution in [0.4, 0.5) is 8.78 Å². The summed E-state index contributed by atoms with van der Waals surface area (Å²) in [6.07, 6.45) is 1.54. The van der Waals surface area contributed by atoms with Crippen LogP contribution in [0.5, 0.6) is 23.0 Å². The molecule has 0 aliphatic heterocycles. The fourth-order valence-corrected chi connectivity index (χ4v) is 4.73. The number of hydrogen-bond donors (Lipinski definition) is 3. The molecule has 0 aliphatic carbocycles. The Kier molecular flexibility index (Phi) is 11.7. The van der Waals surface area contributed by atoms with Gasteiger partial charge in [0.1, 0.15) is 34.6 Å². The molecule has 0 fully saturated rings. The highest BCUT2D eigenvalue weighted by atomic mass is 19.1. The minimum atomic E-state index is -0.962. The first-order valence-corrected chi connectivity index (χ1v) is 14.5. The van der Waals surface area contributed by atoms with E-state index in [0.717, 1.165) is 0 Å². The summed E-state index contributed by atoms with van der Waals surface area (Å²) in [5.74, 6) is -1.43. The summed E-state index contributed by atoms with van der Waals surface area (Å²) in [6, 6.07) is 19.9. The molecule has 0 heterocycles. The van der Waals surface area contributed by atoms with E-state index in [9.17, 15) is 28.6 Å². The number of rotatable bonds is 17. The normalized spacial score (nSPS) is 10.8. The number of aromatic hydroxyl groups is 1. The van der Waals surface area contributed by atoms with E-state index in [2.05, 4.69) is 0 Å². The van der Waals surface area contributed by atoms with Gasteiger partial charge in [0, 0.05) is 30.4 Å². The Bertz CT molecular complexity index is 1590. The molecule has 4 rings (SSSR count). The first kappa shape index (κ1) is 32.8. The van der Waals surface area contributed by atoms with Gasteiger partial charge in [-0.3, -0.25) is 9.59 Å². The third kappa shape index (κ3) is 9.43. The Morgan fingerprint density at radius 1 is 0.600 bits per heavy atom. The molecule has 0 atom stereocenters. The molecule has 0 bridgehead atoms. The van der Waals surface area contributed by atoms with E-state index in [-0.39, 0.29) is 44.8 Å². The minimum absolute atomic E-state index is 0.0455. The van der Waals surface area contributed by atoms with Crippen LogP contribution in [0, 0.1) is 11.6 Å². The smallest absolute Gasteiger partial charge is 0.303 e. The molecular weight excluding hydrogens is 586 g/mol. The zero-order chi connectivity index (χ0) is 32.2. The lowest BCUT2D eigenvalue weighted by atomic mass is 9.96. The highest BCUT2D eigenvalue weighted by molar-refractivity contribution is 5.86. The van der Waals surface area contributed by atoms with Crippen molar-refractivity contribution in [3.05, 3.63) is 96.1 Å². The lowest BCUT2D eigenvalue weighted by molar-refractivity contribution is -0.138. The van der Waals surface area contributed by atoms with Gasteiger partial charge in [-0.05, 0) is 78.9 Å². The van der Waals surface area contributed by atoms with E-state index in [4.69, 9.17) is 19.3 Å². The fourth-order valence-electron chi connectivity index (χ4n) is 4.73. The molecule has 236 valence electrons. The van der Waals surface area contributed by atoms with Gasteiger partial charge in [0.25, 0.3) is 0 Å². The molecule has 3 N–H and O–H groups in total.